The molecule has 2 aromatic carbocycles. The number of rotatable bonds is 6. The molecule has 0 atom stereocenters. The first kappa shape index (κ1) is 17.1. The van der Waals surface area contributed by atoms with Crippen molar-refractivity contribution < 1.29 is 14.3 Å². The van der Waals surface area contributed by atoms with Crippen LogP contribution in [-0.4, -0.2) is 19.6 Å². The molecular formula is C19H18N2O3. The summed E-state index contributed by atoms with van der Waals surface area (Å²) in [5.74, 6) is 0.405. The topological polar surface area (TPSA) is 71.3 Å². The highest BCUT2D eigenvalue weighted by Gasteiger charge is 2.06. The number of nitrogens with zero attached hydrogens (tertiary/aromatic N) is 1. The van der Waals surface area contributed by atoms with Gasteiger partial charge >= 0.3 is 0 Å². The molecule has 1 amide bonds. The summed E-state index contributed by atoms with van der Waals surface area (Å²) in [7, 11) is 1.58. The predicted molar refractivity (Wildman–Crippen MR) is 92.3 cm³/mol. The van der Waals surface area contributed by atoms with Gasteiger partial charge in [-0.05, 0) is 42.3 Å². The van der Waals surface area contributed by atoms with E-state index < -0.39 is 0 Å². The minimum atomic E-state index is -0.307. The lowest BCUT2D eigenvalue weighted by atomic mass is 10.0. The van der Waals surface area contributed by atoms with E-state index in [0.29, 0.717) is 17.0 Å². The van der Waals surface area contributed by atoms with E-state index in [9.17, 15) is 10.1 Å². The summed E-state index contributed by atoms with van der Waals surface area (Å²) in [6, 6.07) is 16.6. The SMILES string of the molecule is COc1ccc(NC(=O)CO/C=C(\C#N)c2ccccc2C)cc1. The smallest absolute Gasteiger partial charge is 0.262 e. The minimum Gasteiger partial charge on any atom is -0.497 e. The van der Waals surface area contributed by atoms with Gasteiger partial charge in [-0.1, -0.05) is 24.3 Å². The maximum atomic E-state index is 11.9. The van der Waals surface area contributed by atoms with Crippen molar-refractivity contribution >= 4 is 17.2 Å². The van der Waals surface area contributed by atoms with Crippen LogP contribution >= 0.6 is 0 Å². The zero-order valence-corrected chi connectivity index (χ0v) is 13.6. The van der Waals surface area contributed by atoms with Gasteiger partial charge in [0.25, 0.3) is 5.91 Å². The van der Waals surface area contributed by atoms with Crippen molar-refractivity contribution in [1.82, 2.24) is 0 Å². The van der Waals surface area contributed by atoms with E-state index in [4.69, 9.17) is 9.47 Å². The number of aryl methyl sites for hydroxylation is 1. The fourth-order valence-electron chi connectivity index (χ4n) is 2.10. The van der Waals surface area contributed by atoms with Crippen LogP contribution in [0.2, 0.25) is 0 Å². The first-order valence-electron chi connectivity index (χ1n) is 7.36. The minimum absolute atomic E-state index is 0.177. The second-order valence-corrected chi connectivity index (χ2v) is 5.05. The highest BCUT2D eigenvalue weighted by molar-refractivity contribution is 5.91. The van der Waals surface area contributed by atoms with E-state index in [2.05, 4.69) is 11.4 Å². The maximum Gasteiger partial charge on any atom is 0.262 e. The van der Waals surface area contributed by atoms with Crippen molar-refractivity contribution in [2.24, 2.45) is 0 Å². The lowest BCUT2D eigenvalue weighted by Gasteiger charge is -2.07. The second kappa shape index (κ2) is 8.39. The molecular weight excluding hydrogens is 304 g/mol. The van der Waals surface area contributed by atoms with E-state index >= 15 is 0 Å². The Hall–Kier alpha value is -3.26. The number of allylic oxidation sites excluding steroid dienone is 1. The van der Waals surface area contributed by atoms with Crippen LogP contribution < -0.4 is 10.1 Å². The molecule has 0 aliphatic heterocycles. The summed E-state index contributed by atoms with van der Waals surface area (Å²) in [4.78, 5) is 11.9. The fourth-order valence-corrected chi connectivity index (χ4v) is 2.10. The number of hydrogen-bond acceptors (Lipinski definition) is 4. The van der Waals surface area contributed by atoms with Crippen molar-refractivity contribution in [2.45, 2.75) is 6.92 Å². The van der Waals surface area contributed by atoms with Crippen LogP contribution in [0.25, 0.3) is 5.57 Å². The van der Waals surface area contributed by atoms with Gasteiger partial charge in [0.15, 0.2) is 6.61 Å². The number of nitrogens with one attached hydrogen (secondary N) is 1. The number of nitriles is 1. The Morgan fingerprint density at radius 3 is 2.54 bits per heavy atom. The molecule has 1 N–H and O–H groups in total. The Balaban J connectivity index is 1.93. The Morgan fingerprint density at radius 2 is 1.92 bits per heavy atom. The first-order chi connectivity index (χ1) is 11.6. The zero-order chi connectivity index (χ0) is 17.4. The molecule has 0 bridgehead atoms. The molecule has 0 saturated carbocycles. The molecule has 0 fully saturated rings. The number of amides is 1. The monoisotopic (exact) mass is 322 g/mol. The average Bonchev–Trinajstić information content (AvgIpc) is 2.60. The summed E-state index contributed by atoms with van der Waals surface area (Å²) in [6.45, 7) is 1.74. The number of carbonyl (C=O) groups is 1. The van der Waals surface area contributed by atoms with Crippen molar-refractivity contribution in [1.29, 1.82) is 5.26 Å². The number of carbonyl (C=O) groups excluding carboxylic acids is 1. The molecule has 0 saturated heterocycles. The molecule has 0 heterocycles. The standard InChI is InChI=1S/C19H18N2O3/c1-14-5-3-4-6-18(14)15(11-20)12-24-13-19(22)21-16-7-9-17(23-2)10-8-16/h3-10,12H,13H2,1-2H3,(H,21,22)/b15-12+. The Bertz CT molecular complexity index is 774. The van der Waals surface area contributed by atoms with Crippen LogP contribution in [-0.2, 0) is 9.53 Å². The third-order valence-corrected chi connectivity index (χ3v) is 3.35. The number of anilines is 1. The van der Waals surface area contributed by atoms with Gasteiger partial charge in [-0.15, -0.1) is 0 Å². The third-order valence-electron chi connectivity index (χ3n) is 3.35. The molecule has 0 aromatic heterocycles. The molecule has 122 valence electrons. The summed E-state index contributed by atoms with van der Waals surface area (Å²) in [5.41, 5.74) is 2.78. The van der Waals surface area contributed by atoms with Crippen molar-refractivity contribution in [3.05, 3.63) is 65.9 Å². The van der Waals surface area contributed by atoms with Crippen molar-refractivity contribution in [3.8, 4) is 11.8 Å². The van der Waals surface area contributed by atoms with Crippen molar-refractivity contribution in [2.75, 3.05) is 19.0 Å². The van der Waals surface area contributed by atoms with Gasteiger partial charge in [-0.25, -0.2) is 0 Å². The predicted octanol–water partition coefficient (Wildman–Crippen LogP) is 3.52. The molecule has 2 rings (SSSR count). The second-order valence-electron chi connectivity index (χ2n) is 5.05. The summed E-state index contributed by atoms with van der Waals surface area (Å²) in [5, 5.41) is 11.9. The van der Waals surface area contributed by atoms with Gasteiger partial charge in [0.05, 0.1) is 12.7 Å². The van der Waals surface area contributed by atoms with Gasteiger partial charge in [0, 0.05) is 5.69 Å². The quantitative estimate of drug-likeness (QED) is 0.652. The molecule has 5 heteroatoms. The Labute approximate surface area is 141 Å². The molecule has 0 radical (unpaired) electrons. The fraction of sp³-hybridized carbons (Fsp3) is 0.158. The largest absolute Gasteiger partial charge is 0.497 e. The van der Waals surface area contributed by atoms with Crippen LogP contribution in [0.1, 0.15) is 11.1 Å². The van der Waals surface area contributed by atoms with Crippen molar-refractivity contribution in [3.63, 3.8) is 0 Å². The number of methoxy groups -OCH3 is 1. The molecule has 0 aliphatic rings. The van der Waals surface area contributed by atoms with E-state index in [0.717, 1.165) is 11.1 Å². The van der Waals surface area contributed by atoms with Crippen LogP contribution in [0.4, 0.5) is 5.69 Å². The Morgan fingerprint density at radius 1 is 1.21 bits per heavy atom. The molecule has 2 aromatic rings. The van der Waals surface area contributed by atoms with E-state index in [-0.39, 0.29) is 12.5 Å². The summed E-state index contributed by atoms with van der Waals surface area (Å²) >= 11 is 0. The lowest BCUT2D eigenvalue weighted by molar-refractivity contribution is -0.118. The number of ether oxygens (including phenoxy) is 2. The first-order valence-corrected chi connectivity index (χ1v) is 7.36. The van der Waals surface area contributed by atoms with Gasteiger partial charge in [0.1, 0.15) is 18.1 Å². The van der Waals surface area contributed by atoms with E-state index in [1.54, 1.807) is 31.4 Å². The molecule has 0 aliphatic carbocycles. The molecule has 5 nitrogen and oxygen atoms in total. The summed E-state index contributed by atoms with van der Waals surface area (Å²) < 4.78 is 10.3. The van der Waals surface area contributed by atoms with Gasteiger partial charge in [-0.3, -0.25) is 4.79 Å². The molecule has 24 heavy (non-hydrogen) atoms. The van der Waals surface area contributed by atoms with Crippen LogP contribution in [0.15, 0.2) is 54.8 Å². The lowest BCUT2D eigenvalue weighted by Crippen LogP contribution is -2.16. The number of hydrogen-bond donors (Lipinski definition) is 1. The van der Waals surface area contributed by atoms with E-state index in [1.165, 1.54) is 6.26 Å². The number of benzene rings is 2. The molecule has 0 spiro atoms. The molecule has 0 unspecified atom stereocenters. The highest BCUT2D eigenvalue weighted by atomic mass is 16.5. The average molecular weight is 322 g/mol. The third kappa shape index (κ3) is 4.62. The Kier molecular flexibility index (Phi) is 5.98. The highest BCUT2D eigenvalue weighted by Crippen LogP contribution is 2.18. The van der Waals surface area contributed by atoms with Crippen LogP contribution in [0, 0.1) is 18.3 Å². The van der Waals surface area contributed by atoms with Crippen LogP contribution in [0.3, 0.4) is 0 Å². The van der Waals surface area contributed by atoms with E-state index in [1.807, 2.05) is 31.2 Å². The normalized spacial score (nSPS) is 10.6. The van der Waals surface area contributed by atoms with Gasteiger partial charge in [-0.2, -0.15) is 5.26 Å². The van der Waals surface area contributed by atoms with Gasteiger partial charge in [0.2, 0.25) is 0 Å². The maximum absolute atomic E-state index is 11.9. The zero-order valence-electron chi connectivity index (χ0n) is 13.6. The van der Waals surface area contributed by atoms with Gasteiger partial charge < -0.3 is 14.8 Å². The summed E-state index contributed by atoms with van der Waals surface area (Å²) in [6.07, 6.45) is 1.32. The van der Waals surface area contributed by atoms with Crippen LogP contribution in [0.5, 0.6) is 5.75 Å².